The third-order valence-electron chi connectivity index (χ3n) is 4.51. The first-order valence-corrected chi connectivity index (χ1v) is 10.6. The third-order valence-corrected chi connectivity index (χ3v) is 9.09. The summed E-state index contributed by atoms with van der Waals surface area (Å²) in [5.41, 5.74) is 0.618. The van der Waals surface area contributed by atoms with Gasteiger partial charge in [0.15, 0.2) is 0 Å². The zero-order valence-electron chi connectivity index (χ0n) is 13.4. The van der Waals surface area contributed by atoms with Crippen LogP contribution in [0.15, 0.2) is 30.3 Å². The van der Waals surface area contributed by atoms with E-state index in [-0.39, 0.29) is 6.10 Å². The molecule has 0 amide bonds. The van der Waals surface area contributed by atoms with Gasteiger partial charge in [-0.25, -0.2) is 0 Å². The van der Waals surface area contributed by atoms with Gasteiger partial charge in [-0.3, -0.25) is 0 Å². The maximum atomic E-state index is 10.3. The van der Waals surface area contributed by atoms with E-state index in [1.54, 1.807) is 0 Å². The third kappa shape index (κ3) is 4.18. The van der Waals surface area contributed by atoms with Gasteiger partial charge in [-0.15, -0.1) is 0 Å². The highest BCUT2D eigenvalue weighted by atomic mass is 28.3. The molecule has 0 fully saturated rings. The van der Waals surface area contributed by atoms with Crippen LogP contribution in [0, 0.1) is 11.8 Å². The van der Waals surface area contributed by atoms with Gasteiger partial charge in [-0.05, 0) is 23.8 Å². The van der Waals surface area contributed by atoms with Gasteiger partial charge in [0.2, 0.25) is 0 Å². The number of benzene rings is 1. The molecule has 1 rings (SSSR count). The minimum Gasteiger partial charge on any atom is -0.393 e. The molecule has 1 aromatic rings. The van der Waals surface area contributed by atoms with Crippen LogP contribution in [0.25, 0.3) is 0 Å². The molecule has 0 aliphatic carbocycles. The van der Waals surface area contributed by atoms with Gasteiger partial charge >= 0.3 is 0 Å². The van der Waals surface area contributed by atoms with E-state index in [0.717, 1.165) is 6.42 Å². The van der Waals surface area contributed by atoms with Gasteiger partial charge in [-0.1, -0.05) is 76.3 Å². The lowest BCUT2D eigenvalue weighted by atomic mass is 9.97. The number of rotatable bonds is 6. The summed E-state index contributed by atoms with van der Waals surface area (Å²) in [6.45, 7) is 13.7. The lowest BCUT2D eigenvalue weighted by molar-refractivity contribution is 0.109. The molecule has 0 radical (unpaired) electrons. The molecule has 0 saturated carbocycles. The molecule has 0 aromatic heterocycles. The predicted octanol–water partition coefficient (Wildman–Crippen LogP) is 4.04. The Kier molecular flexibility index (Phi) is 5.81. The van der Waals surface area contributed by atoms with Crippen molar-refractivity contribution in [2.75, 3.05) is 0 Å². The molecule has 108 valence electrons. The van der Waals surface area contributed by atoms with Crippen LogP contribution in [0.2, 0.25) is 18.6 Å². The van der Waals surface area contributed by atoms with Crippen LogP contribution >= 0.6 is 0 Å². The number of aliphatic hydroxyl groups excluding tert-OH is 1. The molecule has 19 heavy (non-hydrogen) atoms. The van der Waals surface area contributed by atoms with Crippen molar-refractivity contribution in [3.63, 3.8) is 0 Å². The van der Waals surface area contributed by atoms with Crippen LogP contribution in [-0.4, -0.2) is 19.3 Å². The van der Waals surface area contributed by atoms with E-state index in [1.807, 2.05) is 0 Å². The van der Waals surface area contributed by atoms with Gasteiger partial charge in [0.1, 0.15) is 0 Å². The van der Waals surface area contributed by atoms with E-state index < -0.39 is 8.07 Å². The lowest BCUT2D eigenvalue weighted by Crippen LogP contribution is -2.48. The molecule has 1 aromatic carbocycles. The molecule has 1 nitrogen and oxygen atoms in total. The van der Waals surface area contributed by atoms with Gasteiger partial charge in [0.05, 0.1) is 14.2 Å². The van der Waals surface area contributed by atoms with Crippen LogP contribution in [0.4, 0.5) is 0 Å². The Bertz CT molecular complexity index is 370. The van der Waals surface area contributed by atoms with Crippen LogP contribution in [0.1, 0.15) is 34.1 Å². The molecule has 0 bridgehead atoms. The van der Waals surface area contributed by atoms with Crippen molar-refractivity contribution in [2.45, 2.75) is 58.9 Å². The Balaban J connectivity index is 2.98. The van der Waals surface area contributed by atoms with E-state index in [4.69, 9.17) is 0 Å². The summed E-state index contributed by atoms with van der Waals surface area (Å²) in [6, 6.07) is 10.9. The molecule has 0 heterocycles. The summed E-state index contributed by atoms with van der Waals surface area (Å²) >= 11 is 0. The molecular formula is C17H30OSi. The predicted molar refractivity (Wildman–Crippen MR) is 87.6 cm³/mol. The first-order valence-electron chi connectivity index (χ1n) is 7.50. The number of hydrogen-bond donors (Lipinski definition) is 1. The summed E-state index contributed by atoms with van der Waals surface area (Å²) in [5, 5.41) is 11.8. The van der Waals surface area contributed by atoms with Crippen LogP contribution in [0.5, 0.6) is 0 Å². The van der Waals surface area contributed by atoms with Crippen molar-refractivity contribution in [1.82, 2.24) is 0 Å². The summed E-state index contributed by atoms with van der Waals surface area (Å²) in [6.07, 6.45) is 0.756. The van der Waals surface area contributed by atoms with Crippen LogP contribution in [-0.2, 0) is 0 Å². The SMILES string of the molecule is CC(C)[C@@H](C[C@H](O)C(C)C)[Si](C)(C)c1ccccc1. The molecule has 0 unspecified atom stereocenters. The van der Waals surface area contributed by atoms with Crippen LogP contribution in [0.3, 0.4) is 0 Å². The average molecular weight is 279 g/mol. The first kappa shape index (κ1) is 16.5. The highest BCUT2D eigenvalue weighted by Crippen LogP contribution is 2.35. The highest BCUT2D eigenvalue weighted by molar-refractivity contribution is 6.91. The van der Waals surface area contributed by atoms with E-state index >= 15 is 0 Å². The largest absolute Gasteiger partial charge is 0.393 e. The summed E-state index contributed by atoms with van der Waals surface area (Å²) in [4.78, 5) is 0. The molecule has 0 spiro atoms. The summed E-state index contributed by atoms with van der Waals surface area (Å²) in [7, 11) is -1.54. The fourth-order valence-electron chi connectivity index (χ4n) is 3.01. The van der Waals surface area contributed by atoms with Crippen molar-refractivity contribution in [2.24, 2.45) is 11.8 Å². The van der Waals surface area contributed by atoms with Gasteiger partial charge in [0.25, 0.3) is 0 Å². The second-order valence-electron chi connectivity index (χ2n) is 6.99. The number of aliphatic hydroxyl groups is 1. The van der Waals surface area contributed by atoms with E-state index in [2.05, 4.69) is 71.1 Å². The number of hydrogen-bond acceptors (Lipinski definition) is 1. The summed E-state index contributed by atoms with van der Waals surface area (Å²) in [5.74, 6) is 0.970. The lowest BCUT2D eigenvalue weighted by Gasteiger charge is -2.38. The van der Waals surface area contributed by atoms with Gasteiger partial charge in [-0.2, -0.15) is 0 Å². The second kappa shape index (κ2) is 6.71. The standard InChI is InChI=1S/C17H30OSi/c1-13(2)16(18)12-17(14(3)4)19(5,6)15-10-8-7-9-11-15/h7-11,13-14,16-18H,12H2,1-6H3/t16-,17+/m0/s1. The fraction of sp³-hybridized carbons (Fsp3) is 0.647. The Morgan fingerprint density at radius 1 is 0.947 bits per heavy atom. The molecule has 0 aliphatic rings. The molecule has 0 aliphatic heterocycles. The highest BCUT2D eigenvalue weighted by Gasteiger charge is 2.36. The van der Waals surface area contributed by atoms with Crippen molar-refractivity contribution in [3.05, 3.63) is 30.3 Å². The van der Waals surface area contributed by atoms with Crippen molar-refractivity contribution in [1.29, 1.82) is 0 Å². The average Bonchev–Trinajstić information content (AvgIpc) is 2.35. The van der Waals surface area contributed by atoms with Crippen LogP contribution < -0.4 is 5.19 Å². The topological polar surface area (TPSA) is 20.2 Å². The minimum atomic E-state index is -1.54. The molecule has 1 N–H and O–H groups in total. The van der Waals surface area contributed by atoms with E-state index in [1.165, 1.54) is 5.19 Å². The molecule has 2 atom stereocenters. The minimum absolute atomic E-state index is 0.178. The smallest absolute Gasteiger partial charge is 0.0840 e. The first-order chi connectivity index (χ1) is 8.76. The van der Waals surface area contributed by atoms with Crippen molar-refractivity contribution in [3.8, 4) is 0 Å². The molecular weight excluding hydrogens is 248 g/mol. The van der Waals surface area contributed by atoms with E-state index in [9.17, 15) is 5.11 Å². The fourth-order valence-corrected chi connectivity index (χ4v) is 6.99. The van der Waals surface area contributed by atoms with Gasteiger partial charge < -0.3 is 5.11 Å². The Labute approximate surface area is 120 Å². The Morgan fingerprint density at radius 2 is 1.47 bits per heavy atom. The quantitative estimate of drug-likeness (QED) is 0.779. The zero-order chi connectivity index (χ0) is 14.6. The zero-order valence-corrected chi connectivity index (χ0v) is 14.4. The molecule has 2 heteroatoms. The summed E-state index contributed by atoms with van der Waals surface area (Å²) < 4.78 is 0. The normalized spacial score (nSPS) is 15.8. The Hall–Kier alpha value is -0.603. The Morgan fingerprint density at radius 3 is 1.89 bits per heavy atom. The maximum Gasteiger partial charge on any atom is 0.0840 e. The van der Waals surface area contributed by atoms with Gasteiger partial charge in [0, 0.05) is 0 Å². The van der Waals surface area contributed by atoms with Crippen molar-refractivity contribution >= 4 is 13.3 Å². The maximum absolute atomic E-state index is 10.3. The monoisotopic (exact) mass is 278 g/mol. The van der Waals surface area contributed by atoms with Crippen molar-refractivity contribution < 1.29 is 5.11 Å². The second-order valence-corrected chi connectivity index (χ2v) is 11.7. The van der Waals surface area contributed by atoms with E-state index in [0.29, 0.717) is 17.4 Å². The molecule has 0 saturated heterocycles.